The van der Waals surface area contributed by atoms with Gasteiger partial charge in [0.15, 0.2) is 5.83 Å². The van der Waals surface area contributed by atoms with E-state index in [0.29, 0.717) is 11.1 Å². The number of halogens is 2. The molecule has 2 aromatic rings. The molecule has 0 atom stereocenters. The van der Waals surface area contributed by atoms with Gasteiger partial charge in [0.2, 0.25) is 10.0 Å². The standard InChI is InChI=1S/C22H26F2N2O3S/c1-14(16-7-9-17(10-8-16)22(2,3)4)20(24)21(27)25-13-15-6-11-19(18(23)12-15)26-30(5,28)29/h6-12,26H,13H2,1-5H3,(H,25,27). The Labute approximate surface area is 176 Å². The lowest BCUT2D eigenvalue weighted by molar-refractivity contribution is -0.119. The average molecular weight is 437 g/mol. The van der Waals surface area contributed by atoms with Gasteiger partial charge < -0.3 is 5.32 Å². The lowest BCUT2D eigenvalue weighted by Crippen LogP contribution is -2.23. The molecular weight excluding hydrogens is 410 g/mol. The molecule has 0 heterocycles. The van der Waals surface area contributed by atoms with Crippen molar-refractivity contribution in [1.29, 1.82) is 0 Å². The number of amides is 1. The van der Waals surface area contributed by atoms with E-state index in [0.717, 1.165) is 17.9 Å². The Hall–Kier alpha value is -2.74. The van der Waals surface area contributed by atoms with Crippen LogP contribution in [0.1, 0.15) is 44.4 Å². The van der Waals surface area contributed by atoms with E-state index in [2.05, 4.69) is 26.1 Å². The highest BCUT2D eigenvalue weighted by Crippen LogP contribution is 2.26. The van der Waals surface area contributed by atoms with Crippen molar-refractivity contribution in [2.24, 2.45) is 0 Å². The van der Waals surface area contributed by atoms with Crippen molar-refractivity contribution in [2.75, 3.05) is 11.0 Å². The molecule has 0 aliphatic heterocycles. The third-order valence-electron chi connectivity index (χ3n) is 4.49. The SMILES string of the molecule is CC(=C(F)C(=O)NCc1ccc(NS(C)(=O)=O)c(F)c1)c1ccc(C(C)(C)C)cc1. The third kappa shape index (κ3) is 6.38. The minimum atomic E-state index is -3.61. The van der Waals surface area contributed by atoms with Crippen LogP contribution >= 0.6 is 0 Å². The van der Waals surface area contributed by atoms with Crippen LogP contribution in [0.5, 0.6) is 0 Å². The molecule has 1 amide bonds. The van der Waals surface area contributed by atoms with E-state index in [9.17, 15) is 22.0 Å². The van der Waals surface area contributed by atoms with Crippen LogP contribution in [0.2, 0.25) is 0 Å². The molecule has 2 rings (SSSR count). The van der Waals surface area contributed by atoms with Gasteiger partial charge in [0.1, 0.15) is 5.82 Å². The van der Waals surface area contributed by atoms with Gasteiger partial charge in [0.05, 0.1) is 11.9 Å². The zero-order chi connectivity index (χ0) is 22.7. The summed E-state index contributed by atoms with van der Waals surface area (Å²) < 4.78 is 53.0. The summed E-state index contributed by atoms with van der Waals surface area (Å²) in [6, 6.07) is 11.1. The molecule has 2 aromatic carbocycles. The number of hydrogen-bond donors (Lipinski definition) is 2. The van der Waals surface area contributed by atoms with Crippen molar-refractivity contribution >= 4 is 27.2 Å². The molecule has 0 aliphatic rings. The van der Waals surface area contributed by atoms with Crippen LogP contribution < -0.4 is 10.0 Å². The van der Waals surface area contributed by atoms with Crippen LogP contribution in [0.25, 0.3) is 5.57 Å². The number of allylic oxidation sites excluding steroid dienone is 1. The second-order valence-electron chi connectivity index (χ2n) is 8.14. The smallest absolute Gasteiger partial charge is 0.280 e. The monoisotopic (exact) mass is 436 g/mol. The molecule has 0 radical (unpaired) electrons. The van der Waals surface area contributed by atoms with Gasteiger partial charge in [-0.1, -0.05) is 51.1 Å². The maximum Gasteiger partial charge on any atom is 0.280 e. The maximum absolute atomic E-state index is 14.6. The molecule has 0 fully saturated rings. The molecular formula is C22H26F2N2O3S. The van der Waals surface area contributed by atoms with Crippen LogP contribution in [0.4, 0.5) is 14.5 Å². The fraction of sp³-hybridized carbons (Fsp3) is 0.318. The Morgan fingerprint density at radius 3 is 2.17 bits per heavy atom. The van der Waals surface area contributed by atoms with Crippen molar-refractivity contribution in [3.63, 3.8) is 0 Å². The van der Waals surface area contributed by atoms with E-state index in [1.165, 1.54) is 19.1 Å². The predicted molar refractivity (Wildman–Crippen MR) is 116 cm³/mol. The second-order valence-corrected chi connectivity index (χ2v) is 9.89. The van der Waals surface area contributed by atoms with Crippen molar-refractivity contribution < 1.29 is 22.0 Å². The predicted octanol–water partition coefficient (Wildman–Crippen LogP) is 4.51. The van der Waals surface area contributed by atoms with Crippen LogP contribution in [0, 0.1) is 5.82 Å². The number of anilines is 1. The Morgan fingerprint density at radius 1 is 1.07 bits per heavy atom. The first-order valence-corrected chi connectivity index (χ1v) is 11.2. The highest BCUT2D eigenvalue weighted by atomic mass is 32.2. The number of rotatable bonds is 6. The molecule has 0 aromatic heterocycles. The summed E-state index contributed by atoms with van der Waals surface area (Å²) in [5.41, 5.74) is 2.02. The Kier molecular flexibility index (Phi) is 7.02. The summed E-state index contributed by atoms with van der Waals surface area (Å²) in [5.74, 6) is -2.63. The third-order valence-corrected chi connectivity index (χ3v) is 5.09. The molecule has 30 heavy (non-hydrogen) atoms. The summed E-state index contributed by atoms with van der Waals surface area (Å²) in [4.78, 5) is 12.2. The van der Waals surface area contributed by atoms with Crippen molar-refractivity contribution in [3.8, 4) is 0 Å². The van der Waals surface area contributed by atoms with E-state index < -0.39 is 27.6 Å². The molecule has 5 nitrogen and oxygen atoms in total. The number of carbonyl (C=O) groups excluding carboxylic acids is 1. The Morgan fingerprint density at radius 2 is 1.67 bits per heavy atom. The molecule has 0 spiro atoms. The zero-order valence-electron chi connectivity index (χ0n) is 17.6. The van der Waals surface area contributed by atoms with Gasteiger partial charge in [-0.3, -0.25) is 9.52 Å². The highest BCUT2D eigenvalue weighted by molar-refractivity contribution is 7.92. The number of sulfonamides is 1. The minimum absolute atomic E-state index is 0.0340. The van der Waals surface area contributed by atoms with Gasteiger partial charge in [-0.05, 0) is 46.7 Å². The minimum Gasteiger partial charge on any atom is -0.346 e. The molecule has 0 unspecified atom stereocenters. The largest absolute Gasteiger partial charge is 0.346 e. The zero-order valence-corrected chi connectivity index (χ0v) is 18.5. The van der Waals surface area contributed by atoms with Gasteiger partial charge in [0, 0.05) is 6.54 Å². The van der Waals surface area contributed by atoms with Gasteiger partial charge in [-0.2, -0.15) is 0 Å². The van der Waals surface area contributed by atoms with E-state index in [4.69, 9.17) is 0 Å². The van der Waals surface area contributed by atoms with Crippen LogP contribution in [0.3, 0.4) is 0 Å². The number of nitrogens with one attached hydrogen (secondary N) is 2. The van der Waals surface area contributed by atoms with E-state index in [1.54, 1.807) is 12.1 Å². The van der Waals surface area contributed by atoms with Gasteiger partial charge >= 0.3 is 0 Å². The summed E-state index contributed by atoms with van der Waals surface area (Å²) in [6.45, 7) is 7.63. The highest BCUT2D eigenvalue weighted by Gasteiger charge is 2.16. The first-order valence-electron chi connectivity index (χ1n) is 9.29. The van der Waals surface area contributed by atoms with Gasteiger partial charge in [-0.25, -0.2) is 17.2 Å². The normalized spacial score (nSPS) is 12.9. The van der Waals surface area contributed by atoms with Gasteiger partial charge in [0.25, 0.3) is 5.91 Å². The van der Waals surface area contributed by atoms with Crippen molar-refractivity contribution in [1.82, 2.24) is 5.32 Å². The average Bonchev–Trinajstić information content (AvgIpc) is 2.65. The van der Waals surface area contributed by atoms with Gasteiger partial charge in [-0.15, -0.1) is 0 Å². The topological polar surface area (TPSA) is 75.3 Å². The molecule has 0 saturated heterocycles. The number of hydrogen-bond acceptors (Lipinski definition) is 3. The maximum atomic E-state index is 14.6. The lowest BCUT2D eigenvalue weighted by Gasteiger charge is -2.19. The van der Waals surface area contributed by atoms with Crippen molar-refractivity contribution in [2.45, 2.75) is 39.7 Å². The molecule has 0 aliphatic carbocycles. The summed E-state index contributed by atoms with van der Waals surface area (Å²) in [5, 5.41) is 2.40. The molecule has 0 bridgehead atoms. The summed E-state index contributed by atoms with van der Waals surface area (Å²) in [7, 11) is -3.61. The summed E-state index contributed by atoms with van der Waals surface area (Å²) >= 11 is 0. The fourth-order valence-corrected chi connectivity index (χ4v) is 3.29. The first kappa shape index (κ1) is 23.5. The van der Waals surface area contributed by atoms with Crippen LogP contribution in [-0.2, 0) is 26.8 Å². The van der Waals surface area contributed by atoms with E-state index in [1.807, 2.05) is 16.9 Å². The van der Waals surface area contributed by atoms with Crippen molar-refractivity contribution in [3.05, 3.63) is 70.8 Å². The fourth-order valence-electron chi connectivity index (χ4n) is 2.73. The first-order chi connectivity index (χ1) is 13.8. The molecule has 0 saturated carbocycles. The summed E-state index contributed by atoms with van der Waals surface area (Å²) in [6.07, 6.45) is 0.911. The Balaban J connectivity index is 2.09. The van der Waals surface area contributed by atoms with Crippen LogP contribution in [-0.4, -0.2) is 20.6 Å². The number of carbonyl (C=O) groups is 1. The molecule has 162 valence electrons. The van der Waals surface area contributed by atoms with E-state index in [-0.39, 0.29) is 23.2 Å². The number of benzene rings is 2. The molecule has 2 N–H and O–H groups in total. The lowest BCUT2D eigenvalue weighted by atomic mass is 9.86. The quantitative estimate of drug-likeness (QED) is 0.654. The van der Waals surface area contributed by atoms with E-state index >= 15 is 0 Å². The molecule has 8 heteroatoms. The second kappa shape index (κ2) is 8.95. The van der Waals surface area contributed by atoms with Crippen LogP contribution in [0.15, 0.2) is 48.3 Å². The Bertz CT molecular complexity index is 1070.